The third kappa shape index (κ3) is 2.10. The first kappa shape index (κ1) is 11.1. The fraction of sp³-hybridized carbons (Fsp3) is 0.556. The van der Waals surface area contributed by atoms with Crippen LogP contribution in [-0.4, -0.2) is 16.9 Å². The molecule has 1 amide bonds. The lowest BCUT2D eigenvalue weighted by molar-refractivity contribution is -0.124. The predicted molar refractivity (Wildman–Crippen MR) is 56.9 cm³/mol. The first-order valence-corrected chi connectivity index (χ1v) is 5.32. The molecule has 0 spiro atoms. The van der Waals surface area contributed by atoms with Gasteiger partial charge in [0.05, 0.1) is 0 Å². The summed E-state index contributed by atoms with van der Waals surface area (Å²) >= 11 is 1.43. The van der Waals surface area contributed by atoms with Crippen LogP contribution in [0.25, 0.3) is 0 Å². The Morgan fingerprint density at radius 1 is 1.71 bits per heavy atom. The van der Waals surface area contributed by atoms with Crippen molar-refractivity contribution in [2.45, 2.75) is 32.4 Å². The van der Waals surface area contributed by atoms with Gasteiger partial charge in [-0.15, -0.1) is 11.3 Å². The summed E-state index contributed by atoms with van der Waals surface area (Å²) in [6.45, 7) is 5.69. The Morgan fingerprint density at radius 2 is 2.36 bits per heavy atom. The predicted octanol–water partition coefficient (Wildman–Crippen LogP) is 0.842. The molecule has 0 saturated carbocycles. The summed E-state index contributed by atoms with van der Waals surface area (Å²) in [5, 5.41) is 5.67. The molecule has 78 valence electrons. The molecular formula is C9H15N3OS. The Morgan fingerprint density at radius 3 is 2.71 bits per heavy atom. The summed E-state index contributed by atoms with van der Waals surface area (Å²) in [5.41, 5.74) is 4.52. The molecule has 0 saturated heterocycles. The minimum atomic E-state index is -0.859. The number of primary amides is 1. The average Bonchev–Trinajstić information content (AvgIpc) is 2.53. The third-order valence-corrected chi connectivity index (χ3v) is 2.92. The number of thiazole rings is 1. The molecule has 4 nitrogen and oxygen atoms in total. The smallest absolute Gasteiger partial charge is 0.244 e. The molecule has 0 bridgehead atoms. The van der Waals surface area contributed by atoms with Crippen LogP contribution in [0.4, 0.5) is 0 Å². The quantitative estimate of drug-likeness (QED) is 0.779. The molecule has 0 aromatic carbocycles. The lowest BCUT2D eigenvalue weighted by Gasteiger charge is -2.27. The molecule has 1 unspecified atom stereocenters. The van der Waals surface area contributed by atoms with Crippen LogP contribution in [0, 0.1) is 0 Å². The van der Waals surface area contributed by atoms with Gasteiger partial charge < -0.3 is 5.73 Å². The number of aromatic nitrogens is 1. The van der Waals surface area contributed by atoms with Crippen LogP contribution >= 0.6 is 11.3 Å². The molecule has 5 heteroatoms. The second kappa shape index (κ2) is 4.06. The van der Waals surface area contributed by atoms with Crippen LogP contribution in [0.1, 0.15) is 25.8 Å². The Hall–Kier alpha value is -0.940. The highest BCUT2D eigenvalue weighted by Crippen LogP contribution is 2.22. The monoisotopic (exact) mass is 213 g/mol. The van der Waals surface area contributed by atoms with E-state index in [0.717, 1.165) is 0 Å². The van der Waals surface area contributed by atoms with Gasteiger partial charge in [0.2, 0.25) is 5.91 Å². The van der Waals surface area contributed by atoms with E-state index < -0.39 is 11.4 Å². The highest BCUT2D eigenvalue weighted by atomic mass is 32.1. The number of hydrogen-bond acceptors (Lipinski definition) is 4. The summed E-state index contributed by atoms with van der Waals surface area (Å²) in [4.78, 5) is 15.5. The topological polar surface area (TPSA) is 68.0 Å². The van der Waals surface area contributed by atoms with Crippen molar-refractivity contribution in [2.75, 3.05) is 0 Å². The van der Waals surface area contributed by atoms with E-state index in [1.165, 1.54) is 11.3 Å². The van der Waals surface area contributed by atoms with Gasteiger partial charge in [-0.1, -0.05) is 0 Å². The van der Waals surface area contributed by atoms with Gasteiger partial charge in [0, 0.05) is 17.6 Å². The number of nitrogens with two attached hydrogens (primary N) is 1. The Labute approximate surface area is 87.5 Å². The molecule has 0 aliphatic rings. The van der Waals surface area contributed by atoms with Crippen LogP contribution in [0.3, 0.4) is 0 Å². The van der Waals surface area contributed by atoms with Crippen LogP contribution in [0.2, 0.25) is 0 Å². The van der Waals surface area contributed by atoms with Gasteiger partial charge >= 0.3 is 0 Å². The van der Waals surface area contributed by atoms with E-state index in [1.807, 2.05) is 19.2 Å². The molecule has 3 N–H and O–H groups in total. The number of nitrogens with one attached hydrogen (secondary N) is 1. The van der Waals surface area contributed by atoms with Crippen molar-refractivity contribution in [3.8, 4) is 0 Å². The van der Waals surface area contributed by atoms with E-state index in [0.29, 0.717) is 5.01 Å². The fourth-order valence-electron chi connectivity index (χ4n) is 1.29. The van der Waals surface area contributed by atoms with E-state index in [1.54, 1.807) is 13.1 Å². The third-order valence-electron chi connectivity index (χ3n) is 1.93. The largest absolute Gasteiger partial charge is 0.368 e. The number of hydrogen-bond donors (Lipinski definition) is 2. The molecule has 1 aromatic heterocycles. The van der Waals surface area contributed by atoms with Gasteiger partial charge in [-0.25, -0.2) is 4.98 Å². The zero-order valence-electron chi connectivity index (χ0n) is 8.57. The second-order valence-corrected chi connectivity index (χ2v) is 4.52. The summed E-state index contributed by atoms with van der Waals surface area (Å²) in [6.07, 6.45) is 1.67. The van der Waals surface area contributed by atoms with Crippen molar-refractivity contribution in [2.24, 2.45) is 5.73 Å². The van der Waals surface area contributed by atoms with Gasteiger partial charge in [-0.05, 0) is 20.8 Å². The molecule has 14 heavy (non-hydrogen) atoms. The summed E-state index contributed by atoms with van der Waals surface area (Å²) in [5.74, 6) is -0.402. The number of rotatable bonds is 4. The van der Waals surface area contributed by atoms with Crippen LogP contribution in [0.15, 0.2) is 11.6 Å². The maximum atomic E-state index is 11.4. The van der Waals surface area contributed by atoms with Gasteiger partial charge in [0.1, 0.15) is 10.5 Å². The molecule has 0 radical (unpaired) electrons. The Kier molecular flexibility index (Phi) is 3.23. The number of amides is 1. The normalized spacial score (nSPS) is 15.4. The van der Waals surface area contributed by atoms with Gasteiger partial charge in [-0.2, -0.15) is 0 Å². The fourth-order valence-corrected chi connectivity index (χ4v) is 2.05. The van der Waals surface area contributed by atoms with Gasteiger partial charge in [-0.3, -0.25) is 10.1 Å². The van der Waals surface area contributed by atoms with Crippen LogP contribution < -0.4 is 11.1 Å². The zero-order valence-corrected chi connectivity index (χ0v) is 9.39. The molecule has 0 aliphatic carbocycles. The van der Waals surface area contributed by atoms with E-state index in [9.17, 15) is 4.79 Å². The molecule has 0 aliphatic heterocycles. The van der Waals surface area contributed by atoms with Crippen molar-refractivity contribution >= 4 is 17.2 Å². The molecule has 0 fully saturated rings. The van der Waals surface area contributed by atoms with Crippen molar-refractivity contribution in [1.82, 2.24) is 10.3 Å². The van der Waals surface area contributed by atoms with Crippen molar-refractivity contribution < 1.29 is 4.79 Å². The van der Waals surface area contributed by atoms with Gasteiger partial charge in [0.25, 0.3) is 0 Å². The maximum absolute atomic E-state index is 11.4. The number of nitrogens with zero attached hydrogens (tertiary/aromatic N) is 1. The number of carbonyl (C=O) groups is 1. The van der Waals surface area contributed by atoms with E-state index in [4.69, 9.17) is 5.73 Å². The second-order valence-electron chi connectivity index (χ2n) is 3.63. The van der Waals surface area contributed by atoms with Gasteiger partial charge in [0.15, 0.2) is 0 Å². The lowest BCUT2D eigenvalue weighted by Crippen LogP contribution is -2.52. The first-order valence-electron chi connectivity index (χ1n) is 4.44. The minimum Gasteiger partial charge on any atom is -0.368 e. The average molecular weight is 213 g/mol. The zero-order chi connectivity index (χ0) is 10.8. The highest BCUT2D eigenvalue weighted by Gasteiger charge is 2.35. The van der Waals surface area contributed by atoms with E-state index in [2.05, 4.69) is 10.3 Å². The molecule has 1 heterocycles. The maximum Gasteiger partial charge on any atom is 0.244 e. The Balaban J connectivity index is 2.99. The standard InChI is InChI=1S/C9H15N3OS/c1-6(2)12-9(3,7(10)13)8-11-4-5-14-8/h4-6,12H,1-3H3,(H2,10,13). The van der Waals surface area contributed by atoms with Crippen LogP contribution in [0.5, 0.6) is 0 Å². The summed E-state index contributed by atoms with van der Waals surface area (Å²) < 4.78 is 0. The SMILES string of the molecule is CC(C)NC(C)(C(N)=O)c1nccs1. The summed E-state index contributed by atoms with van der Waals surface area (Å²) in [6, 6.07) is 0.177. The van der Waals surface area contributed by atoms with Crippen LogP contribution in [-0.2, 0) is 10.3 Å². The van der Waals surface area contributed by atoms with Crippen molar-refractivity contribution in [3.63, 3.8) is 0 Å². The highest BCUT2D eigenvalue weighted by molar-refractivity contribution is 7.09. The van der Waals surface area contributed by atoms with E-state index in [-0.39, 0.29) is 6.04 Å². The van der Waals surface area contributed by atoms with Crippen molar-refractivity contribution in [3.05, 3.63) is 16.6 Å². The summed E-state index contributed by atoms with van der Waals surface area (Å²) in [7, 11) is 0. The lowest BCUT2D eigenvalue weighted by atomic mass is 10.0. The Bertz CT molecular complexity index is 310. The molecular weight excluding hydrogens is 198 g/mol. The molecule has 1 rings (SSSR count). The minimum absolute atomic E-state index is 0.177. The number of carbonyl (C=O) groups excluding carboxylic acids is 1. The molecule has 1 aromatic rings. The first-order chi connectivity index (χ1) is 6.47. The van der Waals surface area contributed by atoms with Crippen molar-refractivity contribution in [1.29, 1.82) is 0 Å². The van der Waals surface area contributed by atoms with E-state index >= 15 is 0 Å². The molecule has 1 atom stereocenters.